The molecule has 0 bridgehead atoms. The SMILES string of the molecule is O=C1COc2ccc(CNC(=O)c3nc(C(=O)O)n4nccc4n3)cc2N1.O=C1COc2ccc(CNC(=O)c3nc(C(=O)O)nc4ccnn34)cc2N1. The minimum absolute atomic E-state index is 0.0383. The summed E-state index contributed by atoms with van der Waals surface area (Å²) >= 11 is 0. The fourth-order valence-corrected chi connectivity index (χ4v) is 5.14. The minimum Gasteiger partial charge on any atom is -0.482 e. The number of nitrogens with zero attached hydrogens (tertiary/aromatic N) is 8. The highest BCUT2D eigenvalue weighted by Crippen LogP contribution is 2.29. The summed E-state index contributed by atoms with van der Waals surface area (Å²) in [5.74, 6) is -4.75. The number of amides is 4. The standard InChI is InChI=1S/2C16H12N6O5/c23-12-7-27-10-2-1-8(5-9(10)19-12)6-17-15(24)14-21-13(16(25)26)20-11-3-4-18-22(11)14;23-12-7-27-10-2-1-8(5-9(10)19-12)6-17-15(24)13-20-11-3-4-18-22(11)14(21-13)16(25)26/h2*1-5H,6-7H2,(H,17,24)(H,19,23)(H,25,26). The third-order valence-corrected chi connectivity index (χ3v) is 7.56. The predicted octanol–water partition coefficient (Wildman–Crippen LogP) is 0.167. The number of ether oxygens (including phenoxy) is 2. The van der Waals surface area contributed by atoms with Gasteiger partial charge in [-0.2, -0.15) is 29.2 Å². The number of nitrogens with one attached hydrogen (secondary N) is 4. The molecule has 0 atom stereocenters. The van der Waals surface area contributed by atoms with E-state index in [0.29, 0.717) is 34.0 Å². The van der Waals surface area contributed by atoms with Crippen molar-refractivity contribution in [3.05, 3.63) is 95.3 Å². The van der Waals surface area contributed by atoms with Crippen LogP contribution < -0.4 is 30.7 Å². The van der Waals surface area contributed by atoms with Gasteiger partial charge in [-0.1, -0.05) is 12.1 Å². The maximum Gasteiger partial charge on any atom is 0.374 e. The zero-order chi connectivity index (χ0) is 37.9. The normalized spacial score (nSPS) is 12.8. The van der Waals surface area contributed by atoms with E-state index >= 15 is 0 Å². The number of benzene rings is 2. The van der Waals surface area contributed by atoms with Gasteiger partial charge in [0.15, 0.2) is 24.5 Å². The monoisotopic (exact) mass is 736 g/mol. The van der Waals surface area contributed by atoms with Crippen LogP contribution in [0.4, 0.5) is 11.4 Å². The van der Waals surface area contributed by atoms with Gasteiger partial charge < -0.3 is 41.0 Å². The van der Waals surface area contributed by atoms with Crippen molar-refractivity contribution in [2.24, 2.45) is 0 Å². The molecule has 2 aliphatic rings. The zero-order valence-corrected chi connectivity index (χ0v) is 27.3. The minimum atomic E-state index is -1.35. The molecule has 2 aliphatic heterocycles. The summed E-state index contributed by atoms with van der Waals surface area (Å²) in [4.78, 5) is 85.4. The van der Waals surface area contributed by atoms with Crippen LogP contribution in [0.5, 0.6) is 11.5 Å². The van der Waals surface area contributed by atoms with E-state index in [1.165, 1.54) is 24.5 Å². The Balaban J connectivity index is 0.000000167. The molecule has 54 heavy (non-hydrogen) atoms. The number of hydrogen-bond donors (Lipinski definition) is 6. The molecule has 0 spiro atoms. The molecule has 4 aromatic heterocycles. The molecule has 22 nitrogen and oxygen atoms in total. The van der Waals surface area contributed by atoms with Crippen LogP contribution in [0.25, 0.3) is 11.3 Å². The third-order valence-electron chi connectivity index (χ3n) is 7.56. The summed E-state index contributed by atoms with van der Waals surface area (Å²) in [6, 6.07) is 13.1. The van der Waals surface area contributed by atoms with Gasteiger partial charge in [0.2, 0.25) is 23.3 Å². The van der Waals surface area contributed by atoms with Crippen molar-refractivity contribution in [1.82, 2.24) is 49.8 Å². The molecule has 4 amide bonds. The summed E-state index contributed by atoms with van der Waals surface area (Å²) in [6.07, 6.45) is 2.75. The van der Waals surface area contributed by atoms with Crippen LogP contribution in [0.1, 0.15) is 53.6 Å². The van der Waals surface area contributed by atoms with Crippen molar-refractivity contribution >= 4 is 58.2 Å². The predicted molar refractivity (Wildman–Crippen MR) is 179 cm³/mol. The lowest BCUT2D eigenvalue weighted by Gasteiger charge is -2.18. The summed E-state index contributed by atoms with van der Waals surface area (Å²) in [5.41, 5.74) is 2.84. The first kappa shape index (κ1) is 34.4. The molecule has 22 heteroatoms. The van der Waals surface area contributed by atoms with Gasteiger partial charge in [-0.15, -0.1) is 0 Å². The highest BCUT2D eigenvalue weighted by molar-refractivity contribution is 5.97. The molecule has 0 unspecified atom stereocenters. The van der Waals surface area contributed by atoms with Gasteiger partial charge in [-0.05, 0) is 35.4 Å². The number of carboxylic acids is 2. The Morgan fingerprint density at radius 2 is 1.15 bits per heavy atom. The van der Waals surface area contributed by atoms with Crippen molar-refractivity contribution in [2.45, 2.75) is 13.1 Å². The smallest absolute Gasteiger partial charge is 0.374 e. The van der Waals surface area contributed by atoms with Crippen molar-refractivity contribution < 1.29 is 48.5 Å². The van der Waals surface area contributed by atoms with Gasteiger partial charge in [0, 0.05) is 25.2 Å². The Kier molecular flexibility index (Phi) is 9.11. The summed E-state index contributed by atoms with van der Waals surface area (Å²) in [6.45, 7) is 0.168. The van der Waals surface area contributed by atoms with Gasteiger partial charge >= 0.3 is 11.9 Å². The molecule has 0 radical (unpaired) electrons. The molecule has 8 rings (SSSR count). The summed E-state index contributed by atoms with van der Waals surface area (Å²) < 4.78 is 12.7. The lowest BCUT2D eigenvalue weighted by molar-refractivity contribution is -0.119. The third kappa shape index (κ3) is 7.23. The Morgan fingerprint density at radius 1 is 0.648 bits per heavy atom. The quantitative estimate of drug-likeness (QED) is 0.121. The van der Waals surface area contributed by atoms with Crippen LogP contribution in [0.3, 0.4) is 0 Å². The molecule has 272 valence electrons. The maximum absolute atomic E-state index is 12.5. The van der Waals surface area contributed by atoms with Crippen LogP contribution >= 0.6 is 0 Å². The van der Waals surface area contributed by atoms with E-state index in [2.05, 4.69) is 51.4 Å². The first-order valence-electron chi connectivity index (χ1n) is 15.6. The lowest BCUT2D eigenvalue weighted by atomic mass is 10.1. The van der Waals surface area contributed by atoms with E-state index in [1.807, 2.05) is 0 Å². The highest BCUT2D eigenvalue weighted by Gasteiger charge is 2.22. The van der Waals surface area contributed by atoms with Gasteiger partial charge in [0.1, 0.15) is 11.5 Å². The van der Waals surface area contributed by atoms with Crippen molar-refractivity contribution in [2.75, 3.05) is 23.8 Å². The number of aromatic carboxylic acids is 2. The van der Waals surface area contributed by atoms with Gasteiger partial charge in [-0.3, -0.25) is 19.2 Å². The molecule has 0 fully saturated rings. The van der Waals surface area contributed by atoms with Crippen molar-refractivity contribution in [3.8, 4) is 11.5 Å². The second-order valence-corrected chi connectivity index (χ2v) is 11.3. The average molecular weight is 737 g/mol. The van der Waals surface area contributed by atoms with Crippen LogP contribution in [0, 0.1) is 0 Å². The van der Waals surface area contributed by atoms with Crippen LogP contribution in [-0.2, 0) is 22.7 Å². The Morgan fingerprint density at radius 3 is 1.69 bits per heavy atom. The second kappa shape index (κ2) is 14.3. The van der Waals surface area contributed by atoms with E-state index in [0.717, 1.165) is 9.03 Å². The fraction of sp³-hybridized carbons (Fsp3) is 0.125. The first-order chi connectivity index (χ1) is 26.0. The molecule has 6 heterocycles. The molecular weight excluding hydrogens is 712 g/mol. The van der Waals surface area contributed by atoms with E-state index in [9.17, 15) is 33.9 Å². The Bertz CT molecular complexity index is 2530. The van der Waals surface area contributed by atoms with Crippen molar-refractivity contribution in [3.63, 3.8) is 0 Å². The lowest BCUT2D eigenvalue weighted by Crippen LogP contribution is -2.28. The topological polar surface area (TPSA) is 296 Å². The molecule has 6 N–H and O–H groups in total. The first-order valence-corrected chi connectivity index (χ1v) is 15.6. The largest absolute Gasteiger partial charge is 0.482 e. The number of aromatic nitrogens is 8. The number of carbonyl (C=O) groups is 6. The van der Waals surface area contributed by atoms with Crippen LogP contribution in [-0.4, -0.2) is 98.2 Å². The number of carboxylic acid groups (broad SMARTS) is 2. The van der Waals surface area contributed by atoms with Crippen molar-refractivity contribution in [1.29, 1.82) is 0 Å². The molecular formula is C32H24N12O10. The van der Waals surface area contributed by atoms with E-state index in [-0.39, 0.29) is 61.1 Å². The Hall–Kier alpha value is -8.04. The second-order valence-electron chi connectivity index (χ2n) is 11.3. The van der Waals surface area contributed by atoms with E-state index in [1.54, 1.807) is 36.4 Å². The zero-order valence-electron chi connectivity index (χ0n) is 27.3. The molecule has 0 saturated carbocycles. The fourth-order valence-electron chi connectivity index (χ4n) is 5.14. The highest BCUT2D eigenvalue weighted by atomic mass is 16.5. The van der Waals surface area contributed by atoms with Gasteiger partial charge in [0.25, 0.3) is 23.6 Å². The summed E-state index contributed by atoms with van der Waals surface area (Å²) in [5, 5.41) is 36.7. The van der Waals surface area contributed by atoms with Gasteiger partial charge in [0.05, 0.1) is 23.8 Å². The Labute approximate surface area is 300 Å². The number of rotatable bonds is 8. The molecule has 0 saturated heterocycles. The van der Waals surface area contributed by atoms with Crippen LogP contribution in [0.2, 0.25) is 0 Å². The molecule has 0 aliphatic carbocycles. The number of fused-ring (bicyclic) bond motifs is 4. The number of hydrogen-bond acceptors (Lipinski definition) is 14. The summed E-state index contributed by atoms with van der Waals surface area (Å²) in [7, 11) is 0. The maximum atomic E-state index is 12.5. The van der Waals surface area contributed by atoms with E-state index in [4.69, 9.17) is 14.6 Å². The average Bonchev–Trinajstić information content (AvgIpc) is 3.85. The van der Waals surface area contributed by atoms with E-state index < -0.39 is 35.4 Å². The molecule has 2 aromatic carbocycles. The number of carbonyl (C=O) groups excluding carboxylic acids is 4. The van der Waals surface area contributed by atoms with Gasteiger partial charge in [-0.25, -0.2) is 19.6 Å². The van der Waals surface area contributed by atoms with Crippen LogP contribution in [0.15, 0.2) is 60.9 Å². The number of anilines is 2. The molecule has 6 aromatic rings.